The summed E-state index contributed by atoms with van der Waals surface area (Å²) in [5.74, 6) is 0. The Kier molecular flexibility index (Phi) is 5.90. The number of hydrogen-bond donors (Lipinski definition) is 2. The normalized spacial score (nSPS) is 13.7. The van der Waals surface area contributed by atoms with Crippen molar-refractivity contribution < 1.29 is 13.5 Å². The molecule has 0 saturated heterocycles. The van der Waals surface area contributed by atoms with E-state index < -0.39 is 16.1 Å². The van der Waals surface area contributed by atoms with Crippen LogP contribution in [0.1, 0.15) is 32.8 Å². The lowest BCUT2D eigenvalue weighted by Crippen LogP contribution is -2.34. The van der Waals surface area contributed by atoms with E-state index >= 15 is 0 Å². The third-order valence-electron chi connectivity index (χ3n) is 2.87. The molecule has 0 amide bonds. The van der Waals surface area contributed by atoms with Crippen LogP contribution in [0.5, 0.6) is 0 Å². The molecule has 0 aliphatic carbocycles. The number of nitriles is 1. The van der Waals surface area contributed by atoms with Gasteiger partial charge in [0.05, 0.1) is 23.5 Å². The van der Waals surface area contributed by atoms with E-state index in [0.29, 0.717) is 6.42 Å². The molecule has 5 nitrogen and oxygen atoms in total. The summed E-state index contributed by atoms with van der Waals surface area (Å²) < 4.78 is 26.6. The first-order chi connectivity index (χ1) is 9.64. The highest BCUT2D eigenvalue weighted by Crippen LogP contribution is 2.20. The molecule has 0 spiro atoms. The van der Waals surface area contributed by atoms with Crippen LogP contribution in [0.3, 0.4) is 0 Å². The molecule has 1 aromatic carbocycles. The summed E-state index contributed by atoms with van der Waals surface area (Å²) >= 11 is 0. The van der Waals surface area contributed by atoms with Gasteiger partial charge >= 0.3 is 0 Å². The molecule has 116 valence electrons. The Balaban J connectivity index is 2.67. The van der Waals surface area contributed by atoms with E-state index in [1.807, 2.05) is 26.8 Å². The van der Waals surface area contributed by atoms with Gasteiger partial charge in [-0.25, -0.2) is 13.1 Å². The third-order valence-corrected chi connectivity index (χ3v) is 4.31. The monoisotopic (exact) mass is 310 g/mol. The highest BCUT2D eigenvalue weighted by atomic mass is 32.2. The molecule has 0 fully saturated rings. The molecule has 0 radical (unpaired) electrons. The van der Waals surface area contributed by atoms with Gasteiger partial charge in [-0.2, -0.15) is 5.26 Å². The molecule has 0 saturated carbocycles. The fraction of sp³-hybridized carbons (Fsp3) is 0.533. The summed E-state index contributed by atoms with van der Waals surface area (Å²) in [6, 6.07) is 8.16. The zero-order chi connectivity index (χ0) is 16.1. The number of aliphatic hydroxyl groups excluding tert-OH is 1. The van der Waals surface area contributed by atoms with Gasteiger partial charge in [-0.3, -0.25) is 0 Å². The number of nitrogens with zero attached hydrogens (tertiary/aromatic N) is 1. The molecular formula is C15H22N2O3S. The van der Waals surface area contributed by atoms with Crippen LogP contribution in [0.4, 0.5) is 0 Å². The number of hydrogen-bond acceptors (Lipinski definition) is 4. The van der Waals surface area contributed by atoms with Crippen LogP contribution in [-0.4, -0.2) is 26.2 Å². The highest BCUT2D eigenvalue weighted by molar-refractivity contribution is 7.89. The summed E-state index contributed by atoms with van der Waals surface area (Å²) in [6.07, 6.45) is 0.0342. The summed E-state index contributed by atoms with van der Waals surface area (Å²) in [5, 5.41) is 18.4. The van der Waals surface area contributed by atoms with Crippen molar-refractivity contribution in [2.24, 2.45) is 5.41 Å². The Bertz CT molecular complexity index is 595. The maximum atomic E-state index is 12.1. The predicted molar refractivity (Wildman–Crippen MR) is 81.0 cm³/mol. The number of aliphatic hydroxyl groups is 1. The van der Waals surface area contributed by atoms with Gasteiger partial charge in [0.1, 0.15) is 0 Å². The second kappa shape index (κ2) is 7.03. The molecule has 1 atom stereocenters. The van der Waals surface area contributed by atoms with Crippen molar-refractivity contribution >= 4 is 10.0 Å². The van der Waals surface area contributed by atoms with Crippen molar-refractivity contribution in [2.75, 3.05) is 6.54 Å². The van der Waals surface area contributed by atoms with Gasteiger partial charge in [0.2, 0.25) is 10.0 Å². The Morgan fingerprint density at radius 3 is 2.33 bits per heavy atom. The lowest BCUT2D eigenvalue weighted by atomic mass is 9.89. The SMILES string of the molecule is CC(C)(C)CC(O)CNS(=O)(=O)c1ccc(CC#N)cc1. The Labute approximate surface area is 126 Å². The van der Waals surface area contributed by atoms with Gasteiger partial charge in [0.15, 0.2) is 0 Å². The first-order valence-electron chi connectivity index (χ1n) is 6.78. The maximum Gasteiger partial charge on any atom is 0.240 e. The van der Waals surface area contributed by atoms with Crippen LogP contribution in [0.15, 0.2) is 29.2 Å². The second-order valence-electron chi connectivity index (χ2n) is 6.25. The van der Waals surface area contributed by atoms with E-state index in [-0.39, 0.29) is 23.3 Å². The van der Waals surface area contributed by atoms with Gasteiger partial charge in [0.25, 0.3) is 0 Å². The zero-order valence-corrected chi connectivity index (χ0v) is 13.4. The van der Waals surface area contributed by atoms with E-state index in [2.05, 4.69) is 4.72 Å². The third kappa shape index (κ3) is 6.25. The molecular weight excluding hydrogens is 288 g/mol. The van der Waals surface area contributed by atoms with Gasteiger partial charge in [-0.05, 0) is 29.5 Å². The van der Waals surface area contributed by atoms with Crippen LogP contribution < -0.4 is 4.72 Å². The topological polar surface area (TPSA) is 90.2 Å². The van der Waals surface area contributed by atoms with Crippen molar-refractivity contribution in [3.05, 3.63) is 29.8 Å². The second-order valence-corrected chi connectivity index (χ2v) is 8.02. The van der Waals surface area contributed by atoms with Gasteiger partial charge in [-0.15, -0.1) is 0 Å². The molecule has 0 aromatic heterocycles. The molecule has 1 aromatic rings. The summed E-state index contributed by atoms with van der Waals surface area (Å²) in [7, 11) is -3.64. The van der Waals surface area contributed by atoms with Crippen LogP contribution in [0.2, 0.25) is 0 Å². The average molecular weight is 310 g/mol. The molecule has 0 heterocycles. The van der Waals surface area contributed by atoms with E-state index in [9.17, 15) is 13.5 Å². The maximum absolute atomic E-state index is 12.1. The lowest BCUT2D eigenvalue weighted by molar-refractivity contribution is 0.125. The molecule has 0 aliphatic rings. The first-order valence-corrected chi connectivity index (χ1v) is 8.26. The summed E-state index contributed by atoms with van der Waals surface area (Å²) in [4.78, 5) is 0.132. The van der Waals surface area contributed by atoms with E-state index in [0.717, 1.165) is 5.56 Å². The van der Waals surface area contributed by atoms with Crippen molar-refractivity contribution in [3.63, 3.8) is 0 Å². The van der Waals surface area contributed by atoms with Crippen LogP contribution >= 0.6 is 0 Å². The molecule has 0 bridgehead atoms. The number of benzene rings is 1. The summed E-state index contributed by atoms with van der Waals surface area (Å²) in [6.45, 7) is 5.94. The lowest BCUT2D eigenvalue weighted by Gasteiger charge is -2.22. The van der Waals surface area contributed by atoms with Gasteiger partial charge in [-0.1, -0.05) is 32.9 Å². The van der Waals surface area contributed by atoms with Crippen molar-refractivity contribution in [1.29, 1.82) is 5.26 Å². The molecule has 6 heteroatoms. The Morgan fingerprint density at radius 2 is 1.86 bits per heavy atom. The Hall–Kier alpha value is -1.42. The largest absolute Gasteiger partial charge is 0.392 e. The van der Waals surface area contributed by atoms with Gasteiger partial charge < -0.3 is 5.11 Å². The predicted octanol–water partition coefficient (Wildman–Crippen LogP) is 1.83. The molecule has 1 unspecified atom stereocenters. The standard InChI is InChI=1S/C15H22N2O3S/c1-15(2,3)10-13(18)11-17-21(19,20)14-6-4-12(5-7-14)8-9-16/h4-7,13,17-18H,8,10-11H2,1-3H3. The summed E-state index contributed by atoms with van der Waals surface area (Å²) in [5.41, 5.74) is 0.702. The van der Waals surface area contributed by atoms with Crippen molar-refractivity contribution in [3.8, 4) is 6.07 Å². The van der Waals surface area contributed by atoms with Gasteiger partial charge in [0, 0.05) is 6.54 Å². The van der Waals surface area contributed by atoms with E-state index in [4.69, 9.17) is 5.26 Å². The van der Waals surface area contributed by atoms with Crippen molar-refractivity contribution in [1.82, 2.24) is 4.72 Å². The Morgan fingerprint density at radius 1 is 1.29 bits per heavy atom. The number of rotatable bonds is 6. The molecule has 1 rings (SSSR count). The fourth-order valence-corrected chi connectivity index (χ4v) is 3.02. The highest BCUT2D eigenvalue weighted by Gasteiger charge is 2.20. The quantitative estimate of drug-likeness (QED) is 0.838. The fourth-order valence-electron chi connectivity index (χ4n) is 1.95. The number of nitrogens with one attached hydrogen (secondary N) is 1. The minimum Gasteiger partial charge on any atom is -0.392 e. The average Bonchev–Trinajstić information content (AvgIpc) is 2.36. The smallest absolute Gasteiger partial charge is 0.240 e. The minimum atomic E-state index is -3.64. The minimum absolute atomic E-state index is 0.0143. The zero-order valence-electron chi connectivity index (χ0n) is 12.6. The molecule has 21 heavy (non-hydrogen) atoms. The van der Waals surface area contributed by atoms with Crippen LogP contribution in [0.25, 0.3) is 0 Å². The van der Waals surface area contributed by atoms with E-state index in [1.165, 1.54) is 12.1 Å². The molecule has 0 aliphatic heterocycles. The van der Waals surface area contributed by atoms with E-state index in [1.54, 1.807) is 12.1 Å². The number of sulfonamides is 1. The van der Waals surface area contributed by atoms with Crippen molar-refractivity contribution in [2.45, 2.75) is 44.6 Å². The molecule has 2 N–H and O–H groups in total. The first kappa shape index (κ1) is 17.6. The van der Waals surface area contributed by atoms with Crippen LogP contribution in [0, 0.1) is 16.7 Å². The van der Waals surface area contributed by atoms with Crippen LogP contribution in [-0.2, 0) is 16.4 Å².